The first kappa shape index (κ1) is 17.0. The molecule has 0 bridgehead atoms. The number of aliphatic carboxylic acids is 1. The van der Waals surface area contributed by atoms with E-state index in [0.717, 1.165) is 0 Å². The summed E-state index contributed by atoms with van der Waals surface area (Å²) in [4.78, 5) is 10.9. The quantitative estimate of drug-likeness (QED) is 0.868. The largest absolute Gasteiger partial charge is 0.481 e. The summed E-state index contributed by atoms with van der Waals surface area (Å²) >= 11 is 0. The van der Waals surface area contributed by atoms with E-state index in [0.29, 0.717) is 49.4 Å². The van der Waals surface area contributed by atoms with Crippen LogP contribution in [-0.4, -0.2) is 43.7 Å². The summed E-state index contributed by atoms with van der Waals surface area (Å²) in [6.45, 7) is 2.68. The molecule has 24 heavy (non-hydrogen) atoms. The predicted octanol–water partition coefficient (Wildman–Crippen LogP) is 1.99. The van der Waals surface area contributed by atoms with Crippen molar-refractivity contribution >= 4 is 16.0 Å². The van der Waals surface area contributed by atoms with Crippen molar-refractivity contribution in [2.45, 2.75) is 37.5 Å². The smallest absolute Gasteiger partial charge is 0.303 e. The van der Waals surface area contributed by atoms with Gasteiger partial charge >= 0.3 is 5.97 Å². The molecule has 1 aromatic carbocycles. The summed E-state index contributed by atoms with van der Waals surface area (Å²) in [6, 6.07) is 3.22. The molecule has 3 rings (SSSR count). The third-order valence-electron chi connectivity index (χ3n) is 4.63. The zero-order valence-electron chi connectivity index (χ0n) is 13.5. The lowest BCUT2D eigenvalue weighted by atomic mass is 9.93. The molecule has 0 atom stereocenters. The van der Waals surface area contributed by atoms with Crippen molar-refractivity contribution in [2.75, 3.05) is 19.9 Å². The third kappa shape index (κ3) is 3.34. The van der Waals surface area contributed by atoms with Crippen molar-refractivity contribution in [3.63, 3.8) is 0 Å². The number of ether oxygens (including phenoxy) is 2. The van der Waals surface area contributed by atoms with Gasteiger partial charge in [0, 0.05) is 25.6 Å². The summed E-state index contributed by atoms with van der Waals surface area (Å²) in [5, 5.41) is 8.75. The second kappa shape index (κ2) is 6.60. The predicted molar refractivity (Wildman–Crippen MR) is 85.7 cm³/mol. The first-order valence-electron chi connectivity index (χ1n) is 8.00. The topological polar surface area (TPSA) is 93.1 Å². The average molecular weight is 355 g/mol. The Kier molecular flexibility index (Phi) is 4.69. The van der Waals surface area contributed by atoms with E-state index in [4.69, 9.17) is 14.6 Å². The minimum Gasteiger partial charge on any atom is -0.481 e. The second-order valence-electron chi connectivity index (χ2n) is 6.25. The van der Waals surface area contributed by atoms with Crippen LogP contribution >= 0.6 is 0 Å². The third-order valence-corrected chi connectivity index (χ3v) is 6.67. The Hall–Kier alpha value is -1.80. The highest BCUT2D eigenvalue weighted by molar-refractivity contribution is 7.89. The fourth-order valence-electron chi connectivity index (χ4n) is 3.21. The zero-order chi connectivity index (χ0) is 17.3. The van der Waals surface area contributed by atoms with Crippen molar-refractivity contribution in [3.05, 3.63) is 17.7 Å². The number of hydrogen-bond acceptors (Lipinski definition) is 5. The molecule has 1 fully saturated rings. The molecule has 7 nitrogen and oxygen atoms in total. The van der Waals surface area contributed by atoms with Crippen LogP contribution in [0.2, 0.25) is 0 Å². The van der Waals surface area contributed by atoms with Crippen molar-refractivity contribution in [1.29, 1.82) is 0 Å². The number of carboxylic acid groups (broad SMARTS) is 1. The fourth-order valence-corrected chi connectivity index (χ4v) is 4.90. The van der Waals surface area contributed by atoms with Gasteiger partial charge in [-0.2, -0.15) is 4.31 Å². The van der Waals surface area contributed by atoms with Crippen molar-refractivity contribution < 1.29 is 27.8 Å². The number of carbonyl (C=O) groups is 1. The summed E-state index contributed by atoms with van der Waals surface area (Å²) in [5.74, 6) is 0.487. The number of benzene rings is 1. The number of nitrogens with zero attached hydrogens (tertiary/aromatic N) is 1. The molecule has 1 saturated heterocycles. The SMILES string of the molecule is Cc1cc2c(cc1S(=O)(=O)N1CCC(CCC(=O)O)CC1)OCO2. The highest BCUT2D eigenvalue weighted by Crippen LogP contribution is 2.37. The lowest BCUT2D eigenvalue weighted by Crippen LogP contribution is -2.38. The van der Waals surface area contributed by atoms with E-state index < -0.39 is 16.0 Å². The van der Waals surface area contributed by atoms with Gasteiger partial charge in [-0.25, -0.2) is 8.42 Å². The Labute approximate surface area is 141 Å². The minimum atomic E-state index is -3.59. The molecule has 8 heteroatoms. The molecule has 2 heterocycles. The number of carboxylic acids is 1. The van der Waals surface area contributed by atoms with E-state index in [1.165, 1.54) is 10.4 Å². The Balaban J connectivity index is 1.72. The molecule has 0 spiro atoms. The second-order valence-corrected chi connectivity index (χ2v) is 8.16. The van der Waals surface area contributed by atoms with Crippen LogP contribution in [0.25, 0.3) is 0 Å². The van der Waals surface area contributed by atoms with Crippen LogP contribution in [0.5, 0.6) is 11.5 Å². The summed E-state index contributed by atoms with van der Waals surface area (Å²) in [6.07, 6.45) is 2.12. The van der Waals surface area contributed by atoms with Crippen molar-refractivity contribution in [2.24, 2.45) is 5.92 Å². The molecule has 2 aliphatic heterocycles. The standard InChI is InChI=1S/C16H21NO6S/c1-11-8-13-14(23-10-22-13)9-15(11)24(20,21)17-6-4-12(5-7-17)2-3-16(18)19/h8-9,12H,2-7,10H2,1H3,(H,18,19). The van der Waals surface area contributed by atoms with E-state index >= 15 is 0 Å². The Bertz CT molecular complexity index is 737. The van der Waals surface area contributed by atoms with E-state index in [9.17, 15) is 13.2 Å². The molecule has 0 saturated carbocycles. The molecule has 1 aromatic rings. The van der Waals surface area contributed by atoms with Crippen LogP contribution in [0, 0.1) is 12.8 Å². The van der Waals surface area contributed by atoms with Crippen LogP contribution in [-0.2, 0) is 14.8 Å². The number of aryl methyl sites for hydroxylation is 1. The van der Waals surface area contributed by atoms with Crippen LogP contribution in [0.3, 0.4) is 0 Å². The Morgan fingerprint density at radius 3 is 2.50 bits per heavy atom. The maximum Gasteiger partial charge on any atom is 0.303 e. The van der Waals surface area contributed by atoms with Gasteiger partial charge in [-0.15, -0.1) is 0 Å². The number of sulfonamides is 1. The maximum absolute atomic E-state index is 12.9. The van der Waals surface area contributed by atoms with Gasteiger partial charge in [-0.05, 0) is 43.7 Å². The first-order valence-corrected chi connectivity index (χ1v) is 9.44. The van der Waals surface area contributed by atoms with Crippen LogP contribution in [0.4, 0.5) is 0 Å². The molecule has 0 aromatic heterocycles. The summed E-state index contributed by atoms with van der Waals surface area (Å²) < 4.78 is 37.9. The van der Waals surface area contributed by atoms with E-state index in [1.807, 2.05) is 0 Å². The van der Waals surface area contributed by atoms with Gasteiger partial charge in [0.25, 0.3) is 0 Å². The highest BCUT2D eigenvalue weighted by Gasteiger charge is 2.32. The zero-order valence-corrected chi connectivity index (χ0v) is 14.3. The monoisotopic (exact) mass is 355 g/mol. The summed E-state index contributed by atoms with van der Waals surface area (Å²) in [7, 11) is -3.59. The molecule has 0 radical (unpaired) electrons. The van der Waals surface area contributed by atoms with Gasteiger partial charge in [0.05, 0.1) is 4.90 Å². The average Bonchev–Trinajstić information content (AvgIpc) is 2.99. The van der Waals surface area contributed by atoms with Crippen molar-refractivity contribution in [1.82, 2.24) is 4.31 Å². The van der Waals surface area contributed by atoms with Gasteiger partial charge in [0.1, 0.15) is 0 Å². The number of hydrogen-bond donors (Lipinski definition) is 1. The number of piperidine rings is 1. The lowest BCUT2D eigenvalue weighted by molar-refractivity contribution is -0.137. The van der Waals surface area contributed by atoms with E-state index in [2.05, 4.69) is 0 Å². The van der Waals surface area contributed by atoms with Crippen LogP contribution < -0.4 is 9.47 Å². The molecule has 1 N–H and O–H groups in total. The molecule has 0 amide bonds. The van der Waals surface area contributed by atoms with Crippen molar-refractivity contribution in [3.8, 4) is 11.5 Å². The summed E-state index contributed by atoms with van der Waals surface area (Å²) in [5.41, 5.74) is 0.632. The van der Waals surface area contributed by atoms with Gasteiger partial charge in [0.15, 0.2) is 11.5 Å². The van der Waals surface area contributed by atoms with Gasteiger partial charge in [-0.3, -0.25) is 4.79 Å². The lowest BCUT2D eigenvalue weighted by Gasteiger charge is -2.31. The molecular formula is C16H21NO6S. The van der Waals surface area contributed by atoms with Crippen LogP contribution in [0.1, 0.15) is 31.2 Å². The van der Waals surface area contributed by atoms with Crippen LogP contribution in [0.15, 0.2) is 17.0 Å². The fraction of sp³-hybridized carbons (Fsp3) is 0.562. The van der Waals surface area contributed by atoms with Gasteiger partial charge in [-0.1, -0.05) is 0 Å². The normalized spacial score (nSPS) is 18.7. The van der Waals surface area contributed by atoms with E-state index in [-0.39, 0.29) is 24.0 Å². The first-order chi connectivity index (χ1) is 11.4. The highest BCUT2D eigenvalue weighted by atomic mass is 32.2. The molecule has 0 unspecified atom stereocenters. The molecule has 0 aliphatic carbocycles. The van der Waals surface area contributed by atoms with Gasteiger partial charge in [0.2, 0.25) is 16.8 Å². The maximum atomic E-state index is 12.9. The molecule has 132 valence electrons. The molecular weight excluding hydrogens is 334 g/mol. The molecule has 2 aliphatic rings. The van der Waals surface area contributed by atoms with E-state index in [1.54, 1.807) is 13.0 Å². The Morgan fingerprint density at radius 2 is 1.88 bits per heavy atom. The minimum absolute atomic E-state index is 0.104. The van der Waals surface area contributed by atoms with Gasteiger partial charge < -0.3 is 14.6 Å². The number of fused-ring (bicyclic) bond motifs is 1. The Morgan fingerprint density at radius 1 is 1.25 bits per heavy atom. The number of rotatable bonds is 5.